The molecular weight excluding hydrogens is 474 g/mol. The van der Waals surface area contributed by atoms with Gasteiger partial charge in [-0.2, -0.15) is 0 Å². The Hall–Kier alpha value is -3.54. The summed E-state index contributed by atoms with van der Waals surface area (Å²) in [6.07, 6.45) is 6.80. The first-order valence-electron chi connectivity index (χ1n) is 14.1. The fourth-order valence-electron chi connectivity index (χ4n) is 5.96. The van der Waals surface area contributed by atoms with Gasteiger partial charge in [-0.15, -0.1) is 0 Å². The molecule has 3 aliphatic rings. The van der Waals surface area contributed by atoms with Crippen molar-refractivity contribution in [2.75, 3.05) is 29.4 Å². The molecule has 6 nitrogen and oxygen atoms in total. The van der Waals surface area contributed by atoms with Crippen LogP contribution in [0.2, 0.25) is 0 Å². The maximum atomic E-state index is 13.5. The van der Waals surface area contributed by atoms with E-state index < -0.39 is 0 Å². The highest BCUT2D eigenvalue weighted by Crippen LogP contribution is 2.37. The number of aryl methyl sites for hydroxylation is 2. The van der Waals surface area contributed by atoms with Gasteiger partial charge in [0.1, 0.15) is 17.6 Å². The van der Waals surface area contributed by atoms with E-state index in [0.717, 1.165) is 72.8 Å². The molecule has 198 valence electrons. The summed E-state index contributed by atoms with van der Waals surface area (Å²) in [5.74, 6) is 2.01. The molecule has 1 unspecified atom stereocenters. The number of hydrogen-bond donors (Lipinski definition) is 1. The van der Waals surface area contributed by atoms with Gasteiger partial charge in [-0.1, -0.05) is 24.3 Å². The molecule has 1 aromatic heterocycles. The molecule has 3 aromatic rings. The molecule has 0 spiro atoms. The van der Waals surface area contributed by atoms with Crippen LogP contribution in [0.4, 0.5) is 11.4 Å². The summed E-state index contributed by atoms with van der Waals surface area (Å²) in [7, 11) is 0. The highest BCUT2D eigenvalue weighted by molar-refractivity contribution is 5.98. The topological polar surface area (TPSA) is 65.8 Å². The Morgan fingerprint density at radius 1 is 0.947 bits per heavy atom. The zero-order valence-corrected chi connectivity index (χ0v) is 22.5. The average Bonchev–Trinajstić information content (AvgIpc) is 3.56. The van der Waals surface area contributed by atoms with Crippen LogP contribution in [0.25, 0.3) is 0 Å². The normalized spacial score (nSPS) is 17.8. The van der Waals surface area contributed by atoms with Crippen molar-refractivity contribution in [1.82, 2.24) is 5.32 Å². The van der Waals surface area contributed by atoms with Gasteiger partial charge in [0.2, 0.25) is 11.8 Å². The van der Waals surface area contributed by atoms with E-state index in [9.17, 15) is 9.59 Å². The SMILES string of the molecule is Cc1ccc(C(NC(=O)Cc2ccc3c(c2)CCN3C(=O)C2CC2)c2ccc(C)o2)c(N2CCCCC2)c1. The Labute approximate surface area is 225 Å². The standard InChI is InChI=1S/C32H37N3O3/c1-21-6-11-26(28(18-21)34-15-4-3-5-16-34)31(29-13-7-22(2)38-29)33-30(36)20-23-8-12-27-25(19-23)14-17-35(27)32(37)24-9-10-24/h6-8,11-13,18-19,24,31H,3-5,9-10,14-17,20H2,1-2H3,(H,33,36). The molecule has 1 aliphatic carbocycles. The third kappa shape index (κ3) is 5.09. The number of benzene rings is 2. The molecule has 2 aliphatic heterocycles. The monoisotopic (exact) mass is 511 g/mol. The maximum absolute atomic E-state index is 13.5. The summed E-state index contributed by atoms with van der Waals surface area (Å²) in [4.78, 5) is 30.5. The van der Waals surface area contributed by atoms with E-state index in [2.05, 4.69) is 41.4 Å². The van der Waals surface area contributed by atoms with Gasteiger partial charge in [-0.3, -0.25) is 9.59 Å². The zero-order valence-electron chi connectivity index (χ0n) is 22.5. The first-order chi connectivity index (χ1) is 18.5. The Balaban J connectivity index is 1.24. The molecule has 6 rings (SSSR count). The van der Waals surface area contributed by atoms with Gasteiger partial charge in [-0.25, -0.2) is 0 Å². The van der Waals surface area contributed by atoms with Crippen LogP contribution in [0.3, 0.4) is 0 Å². The van der Waals surface area contributed by atoms with E-state index in [1.807, 2.05) is 36.1 Å². The van der Waals surface area contributed by atoms with Crippen molar-refractivity contribution in [3.05, 3.63) is 82.3 Å². The van der Waals surface area contributed by atoms with Crippen molar-refractivity contribution in [3.8, 4) is 0 Å². The average molecular weight is 512 g/mol. The second-order valence-corrected chi connectivity index (χ2v) is 11.2. The number of carbonyl (C=O) groups is 2. The number of rotatable bonds is 7. The van der Waals surface area contributed by atoms with Crippen LogP contribution < -0.4 is 15.1 Å². The highest BCUT2D eigenvalue weighted by Gasteiger charge is 2.36. The molecule has 0 radical (unpaired) electrons. The molecule has 38 heavy (non-hydrogen) atoms. The minimum absolute atomic E-state index is 0.0434. The molecule has 2 amide bonds. The van der Waals surface area contributed by atoms with E-state index in [4.69, 9.17) is 4.42 Å². The molecule has 6 heteroatoms. The van der Waals surface area contributed by atoms with Crippen molar-refractivity contribution in [1.29, 1.82) is 0 Å². The number of carbonyl (C=O) groups excluding carboxylic acids is 2. The van der Waals surface area contributed by atoms with Crippen molar-refractivity contribution in [2.45, 2.75) is 64.8 Å². The predicted octanol–water partition coefficient (Wildman–Crippen LogP) is 5.63. The third-order valence-electron chi connectivity index (χ3n) is 8.14. The molecule has 0 bridgehead atoms. The van der Waals surface area contributed by atoms with Crippen molar-refractivity contribution in [2.24, 2.45) is 5.92 Å². The van der Waals surface area contributed by atoms with Crippen LogP contribution in [0.15, 0.2) is 52.9 Å². The lowest BCUT2D eigenvalue weighted by Gasteiger charge is -2.32. The van der Waals surface area contributed by atoms with Crippen LogP contribution in [-0.4, -0.2) is 31.4 Å². The number of anilines is 2. The minimum atomic E-state index is -0.366. The maximum Gasteiger partial charge on any atom is 0.230 e. The summed E-state index contributed by atoms with van der Waals surface area (Å²) in [5, 5.41) is 3.30. The van der Waals surface area contributed by atoms with Gasteiger partial charge in [-0.05, 0) is 93.3 Å². The molecule has 2 aromatic carbocycles. The minimum Gasteiger partial charge on any atom is -0.464 e. The fraction of sp³-hybridized carbons (Fsp3) is 0.438. The summed E-state index contributed by atoms with van der Waals surface area (Å²) in [6, 6.07) is 16.2. The van der Waals surface area contributed by atoms with Crippen LogP contribution in [0.5, 0.6) is 0 Å². The number of fused-ring (bicyclic) bond motifs is 1. The Bertz CT molecular complexity index is 1350. The van der Waals surface area contributed by atoms with Crippen molar-refractivity contribution >= 4 is 23.2 Å². The van der Waals surface area contributed by atoms with Crippen LogP contribution >= 0.6 is 0 Å². The molecule has 1 N–H and O–H groups in total. The molecular formula is C32H37N3O3. The van der Waals surface area contributed by atoms with E-state index in [1.54, 1.807) is 0 Å². The molecule has 1 atom stereocenters. The number of nitrogens with one attached hydrogen (secondary N) is 1. The second-order valence-electron chi connectivity index (χ2n) is 11.2. The Kier molecular flexibility index (Phi) is 6.73. The van der Waals surface area contributed by atoms with Gasteiger partial charge < -0.3 is 19.5 Å². The summed E-state index contributed by atoms with van der Waals surface area (Å²) >= 11 is 0. The molecule has 1 saturated heterocycles. The lowest BCUT2D eigenvalue weighted by Crippen LogP contribution is -2.34. The fourth-order valence-corrected chi connectivity index (χ4v) is 5.96. The van der Waals surface area contributed by atoms with E-state index >= 15 is 0 Å². The largest absolute Gasteiger partial charge is 0.464 e. The number of furan rings is 1. The van der Waals surface area contributed by atoms with Gasteiger partial charge >= 0.3 is 0 Å². The smallest absolute Gasteiger partial charge is 0.230 e. The number of nitrogens with zero attached hydrogens (tertiary/aromatic N) is 2. The summed E-state index contributed by atoms with van der Waals surface area (Å²) in [6.45, 7) is 6.86. The third-order valence-corrected chi connectivity index (χ3v) is 8.14. The molecule has 3 heterocycles. The van der Waals surface area contributed by atoms with Gasteiger partial charge in [0, 0.05) is 42.5 Å². The molecule has 1 saturated carbocycles. The van der Waals surface area contributed by atoms with Crippen LogP contribution in [0.1, 0.15) is 71.9 Å². The lowest BCUT2D eigenvalue weighted by molar-refractivity contribution is -0.121. The predicted molar refractivity (Wildman–Crippen MR) is 150 cm³/mol. The van der Waals surface area contributed by atoms with Gasteiger partial charge in [0.15, 0.2) is 0 Å². The van der Waals surface area contributed by atoms with Gasteiger partial charge in [0.25, 0.3) is 0 Å². The van der Waals surface area contributed by atoms with Crippen molar-refractivity contribution in [3.63, 3.8) is 0 Å². The Morgan fingerprint density at radius 2 is 1.76 bits per heavy atom. The van der Waals surface area contributed by atoms with Crippen LogP contribution in [0, 0.1) is 19.8 Å². The first-order valence-corrected chi connectivity index (χ1v) is 14.1. The number of amides is 2. The van der Waals surface area contributed by atoms with Crippen LogP contribution in [-0.2, 0) is 22.4 Å². The lowest BCUT2D eigenvalue weighted by atomic mass is 9.97. The van der Waals surface area contributed by atoms with Gasteiger partial charge in [0.05, 0.1) is 6.42 Å². The van der Waals surface area contributed by atoms with E-state index in [-0.39, 0.29) is 30.2 Å². The first kappa shape index (κ1) is 24.8. The number of hydrogen-bond acceptors (Lipinski definition) is 4. The zero-order chi connectivity index (χ0) is 26.2. The Morgan fingerprint density at radius 3 is 2.50 bits per heavy atom. The molecule has 2 fully saturated rings. The number of piperidine rings is 1. The van der Waals surface area contributed by atoms with E-state index in [1.165, 1.54) is 30.5 Å². The quantitative estimate of drug-likeness (QED) is 0.446. The second kappa shape index (κ2) is 10.3. The summed E-state index contributed by atoms with van der Waals surface area (Å²) < 4.78 is 6.07. The van der Waals surface area contributed by atoms with Crippen molar-refractivity contribution < 1.29 is 14.0 Å². The van der Waals surface area contributed by atoms with E-state index in [0.29, 0.717) is 0 Å². The highest BCUT2D eigenvalue weighted by atomic mass is 16.3. The summed E-state index contributed by atoms with van der Waals surface area (Å²) in [5.41, 5.74) is 6.61.